The fraction of sp³-hybridized carbons (Fsp3) is 0.538. The summed E-state index contributed by atoms with van der Waals surface area (Å²) in [7, 11) is -2.22. The molecule has 6 nitrogen and oxygen atoms in total. The summed E-state index contributed by atoms with van der Waals surface area (Å²) in [6.45, 7) is 2.79. The van der Waals surface area contributed by atoms with Crippen molar-refractivity contribution in [2.24, 2.45) is 0 Å². The van der Waals surface area contributed by atoms with Gasteiger partial charge in [0.05, 0.1) is 11.6 Å². The van der Waals surface area contributed by atoms with Gasteiger partial charge in [0.25, 0.3) is 0 Å². The Kier molecular flexibility index (Phi) is 4.79. The molecular formula is C13H19ClN2O4S. The van der Waals surface area contributed by atoms with Gasteiger partial charge in [0.2, 0.25) is 10.0 Å². The van der Waals surface area contributed by atoms with Crippen molar-refractivity contribution in [3.8, 4) is 0 Å². The SMILES string of the molecule is COC1(CNS(=O)(=O)c2cc(N)c(C)cc2Cl)CCOC1. The van der Waals surface area contributed by atoms with Crippen LogP contribution in [0.15, 0.2) is 17.0 Å². The number of aryl methyl sites for hydroxylation is 1. The van der Waals surface area contributed by atoms with Crippen LogP contribution in [0.2, 0.25) is 5.02 Å². The van der Waals surface area contributed by atoms with Gasteiger partial charge in [-0.15, -0.1) is 0 Å². The maximum Gasteiger partial charge on any atom is 0.242 e. The summed E-state index contributed by atoms with van der Waals surface area (Å²) in [6.07, 6.45) is 0.635. The molecule has 21 heavy (non-hydrogen) atoms. The zero-order valence-electron chi connectivity index (χ0n) is 12.0. The van der Waals surface area contributed by atoms with Crippen LogP contribution in [0, 0.1) is 6.92 Å². The van der Waals surface area contributed by atoms with E-state index in [1.807, 2.05) is 0 Å². The number of nitrogens with one attached hydrogen (secondary N) is 1. The van der Waals surface area contributed by atoms with E-state index in [0.29, 0.717) is 25.3 Å². The lowest BCUT2D eigenvalue weighted by Crippen LogP contribution is -2.45. The molecule has 1 aromatic carbocycles. The number of nitrogens with two attached hydrogens (primary N) is 1. The molecule has 0 saturated carbocycles. The van der Waals surface area contributed by atoms with E-state index in [2.05, 4.69) is 4.72 Å². The predicted molar refractivity (Wildman–Crippen MR) is 81.0 cm³/mol. The van der Waals surface area contributed by atoms with Gasteiger partial charge in [-0.3, -0.25) is 0 Å². The van der Waals surface area contributed by atoms with E-state index in [0.717, 1.165) is 5.56 Å². The number of hydrogen-bond acceptors (Lipinski definition) is 5. The fourth-order valence-corrected chi connectivity index (χ4v) is 3.87. The van der Waals surface area contributed by atoms with Crippen molar-refractivity contribution in [3.05, 3.63) is 22.7 Å². The zero-order chi connectivity index (χ0) is 15.7. The highest BCUT2D eigenvalue weighted by Crippen LogP contribution is 2.28. The first kappa shape index (κ1) is 16.5. The third kappa shape index (κ3) is 3.49. The summed E-state index contributed by atoms with van der Waals surface area (Å²) in [4.78, 5) is -0.0302. The van der Waals surface area contributed by atoms with E-state index in [1.165, 1.54) is 12.1 Å². The Bertz CT molecular complexity index is 627. The van der Waals surface area contributed by atoms with Gasteiger partial charge in [0.1, 0.15) is 10.5 Å². The first-order valence-electron chi connectivity index (χ1n) is 6.48. The molecule has 0 spiro atoms. The van der Waals surface area contributed by atoms with Gasteiger partial charge in [-0.05, 0) is 24.6 Å². The lowest BCUT2D eigenvalue weighted by Gasteiger charge is -2.26. The molecule has 0 aromatic heterocycles. The molecule has 118 valence electrons. The maximum absolute atomic E-state index is 12.4. The highest BCUT2D eigenvalue weighted by molar-refractivity contribution is 7.89. The van der Waals surface area contributed by atoms with Crippen LogP contribution in [0.1, 0.15) is 12.0 Å². The van der Waals surface area contributed by atoms with Gasteiger partial charge < -0.3 is 15.2 Å². The third-order valence-electron chi connectivity index (χ3n) is 3.69. The lowest BCUT2D eigenvalue weighted by atomic mass is 10.0. The Balaban J connectivity index is 2.21. The number of ether oxygens (including phenoxy) is 2. The van der Waals surface area contributed by atoms with Gasteiger partial charge in [0.15, 0.2) is 0 Å². The van der Waals surface area contributed by atoms with Crippen LogP contribution < -0.4 is 10.5 Å². The fourth-order valence-electron chi connectivity index (χ4n) is 2.14. The molecular weight excluding hydrogens is 316 g/mol. The van der Waals surface area contributed by atoms with Crippen molar-refractivity contribution in [1.82, 2.24) is 4.72 Å². The van der Waals surface area contributed by atoms with Crippen LogP contribution >= 0.6 is 11.6 Å². The molecule has 1 aromatic rings. The van der Waals surface area contributed by atoms with Gasteiger partial charge in [-0.25, -0.2) is 13.1 Å². The second kappa shape index (κ2) is 6.10. The zero-order valence-corrected chi connectivity index (χ0v) is 13.6. The first-order chi connectivity index (χ1) is 9.80. The summed E-state index contributed by atoms with van der Waals surface area (Å²) in [5.41, 5.74) is 6.24. The van der Waals surface area contributed by atoms with E-state index in [1.54, 1.807) is 14.0 Å². The molecule has 1 atom stereocenters. The van der Waals surface area contributed by atoms with Crippen molar-refractivity contribution in [1.29, 1.82) is 0 Å². The summed E-state index contributed by atoms with van der Waals surface area (Å²) < 4.78 is 38.0. The standard InChI is InChI=1S/C13H19ClN2O4S/c1-9-5-10(14)12(6-11(9)15)21(17,18)16-7-13(19-2)3-4-20-8-13/h5-6,16H,3-4,7-8,15H2,1-2H3. The molecule has 1 heterocycles. The van der Waals surface area contributed by atoms with Gasteiger partial charge in [-0.2, -0.15) is 0 Å². The van der Waals surface area contributed by atoms with E-state index in [9.17, 15) is 8.42 Å². The first-order valence-corrected chi connectivity index (χ1v) is 8.34. The summed E-state index contributed by atoms with van der Waals surface area (Å²) in [6, 6.07) is 2.90. The number of sulfonamides is 1. The van der Waals surface area contributed by atoms with E-state index < -0.39 is 15.6 Å². The number of rotatable bonds is 5. The van der Waals surface area contributed by atoms with Crippen LogP contribution in [0.25, 0.3) is 0 Å². The summed E-state index contributed by atoms with van der Waals surface area (Å²) in [5, 5.41) is 0.142. The molecule has 0 radical (unpaired) electrons. The van der Waals surface area contributed by atoms with Crippen LogP contribution in [0.4, 0.5) is 5.69 Å². The number of nitrogen functional groups attached to an aromatic ring is 1. The Hall–Kier alpha value is -0.860. The third-order valence-corrected chi connectivity index (χ3v) is 5.56. The predicted octanol–water partition coefficient (Wildman–Crippen LogP) is 1.31. The maximum atomic E-state index is 12.4. The summed E-state index contributed by atoms with van der Waals surface area (Å²) in [5.74, 6) is 0. The average molecular weight is 335 g/mol. The molecule has 0 amide bonds. The monoisotopic (exact) mass is 334 g/mol. The molecule has 1 aliphatic rings. The van der Waals surface area contributed by atoms with Crippen molar-refractivity contribution in [3.63, 3.8) is 0 Å². The minimum absolute atomic E-state index is 0.0302. The molecule has 0 bridgehead atoms. The molecule has 1 aliphatic heterocycles. The number of hydrogen-bond donors (Lipinski definition) is 2. The van der Waals surface area contributed by atoms with E-state index in [-0.39, 0.29) is 16.5 Å². The van der Waals surface area contributed by atoms with Crippen LogP contribution in [-0.4, -0.2) is 40.9 Å². The average Bonchev–Trinajstić information content (AvgIpc) is 2.90. The molecule has 1 unspecified atom stereocenters. The number of halogens is 1. The van der Waals surface area contributed by atoms with Crippen molar-refractivity contribution in [2.75, 3.05) is 32.6 Å². The smallest absolute Gasteiger partial charge is 0.242 e. The van der Waals surface area contributed by atoms with E-state index >= 15 is 0 Å². The van der Waals surface area contributed by atoms with Gasteiger partial charge >= 0.3 is 0 Å². The minimum Gasteiger partial charge on any atom is -0.398 e. The lowest BCUT2D eigenvalue weighted by molar-refractivity contribution is -0.0120. The van der Waals surface area contributed by atoms with Crippen molar-refractivity contribution in [2.45, 2.75) is 23.8 Å². The van der Waals surface area contributed by atoms with Crippen LogP contribution in [0.3, 0.4) is 0 Å². The Morgan fingerprint density at radius 2 is 2.24 bits per heavy atom. The quantitative estimate of drug-likeness (QED) is 0.792. The Morgan fingerprint density at radius 1 is 1.52 bits per heavy atom. The Morgan fingerprint density at radius 3 is 2.81 bits per heavy atom. The van der Waals surface area contributed by atoms with Crippen LogP contribution in [0.5, 0.6) is 0 Å². The second-order valence-corrected chi connectivity index (χ2v) is 7.30. The second-order valence-electron chi connectivity index (χ2n) is 5.15. The molecule has 2 rings (SSSR count). The number of benzene rings is 1. The molecule has 1 saturated heterocycles. The summed E-state index contributed by atoms with van der Waals surface area (Å²) >= 11 is 6.02. The van der Waals surface area contributed by atoms with Crippen molar-refractivity contribution >= 4 is 27.3 Å². The highest BCUT2D eigenvalue weighted by atomic mass is 35.5. The van der Waals surface area contributed by atoms with Crippen molar-refractivity contribution < 1.29 is 17.9 Å². The van der Waals surface area contributed by atoms with Gasteiger partial charge in [0, 0.05) is 32.4 Å². The molecule has 8 heteroatoms. The van der Waals surface area contributed by atoms with Gasteiger partial charge in [-0.1, -0.05) is 11.6 Å². The van der Waals surface area contributed by atoms with E-state index in [4.69, 9.17) is 26.8 Å². The largest absolute Gasteiger partial charge is 0.398 e. The highest BCUT2D eigenvalue weighted by Gasteiger charge is 2.36. The molecule has 3 N–H and O–H groups in total. The van der Waals surface area contributed by atoms with Crippen LogP contribution in [-0.2, 0) is 19.5 Å². The number of methoxy groups -OCH3 is 1. The number of anilines is 1. The topological polar surface area (TPSA) is 90.7 Å². The molecule has 1 fully saturated rings. The normalized spacial score (nSPS) is 22.6. The Labute approximate surface area is 129 Å². The molecule has 0 aliphatic carbocycles. The minimum atomic E-state index is -3.76.